The molecule has 0 aromatic carbocycles. The van der Waals surface area contributed by atoms with Crippen molar-refractivity contribution >= 4 is 17.9 Å². The quantitative estimate of drug-likeness (QED) is 0.403. The van der Waals surface area contributed by atoms with Crippen molar-refractivity contribution < 1.29 is 24.6 Å². The summed E-state index contributed by atoms with van der Waals surface area (Å²) in [5.74, 6) is -1.73. The fourth-order valence-electron chi connectivity index (χ4n) is 1.06. The van der Waals surface area contributed by atoms with E-state index in [1.807, 2.05) is 5.32 Å². The number of rotatable bonds is 6. The summed E-state index contributed by atoms with van der Waals surface area (Å²) in [5, 5.41) is 24.2. The molecule has 0 aliphatic carbocycles. The second-order valence-corrected chi connectivity index (χ2v) is 4.08. The third kappa shape index (κ3) is 6.04. The van der Waals surface area contributed by atoms with E-state index in [4.69, 9.17) is 10.2 Å². The Bertz CT molecular complexity index is 319. The van der Waals surface area contributed by atoms with E-state index in [0.717, 1.165) is 0 Å². The van der Waals surface area contributed by atoms with Crippen LogP contribution >= 0.6 is 0 Å². The molecule has 0 aliphatic heterocycles. The molecule has 0 saturated carbocycles. The number of aliphatic hydroxyl groups excluding tert-OH is 1. The Labute approximate surface area is 105 Å². The van der Waals surface area contributed by atoms with E-state index in [0.29, 0.717) is 0 Å². The van der Waals surface area contributed by atoms with Gasteiger partial charge in [-0.3, -0.25) is 4.79 Å². The van der Waals surface area contributed by atoms with Crippen molar-refractivity contribution in [2.45, 2.75) is 38.9 Å². The van der Waals surface area contributed by atoms with Crippen LogP contribution in [0.15, 0.2) is 0 Å². The Morgan fingerprint density at radius 3 is 2.00 bits per heavy atom. The zero-order valence-corrected chi connectivity index (χ0v) is 10.6. The van der Waals surface area contributed by atoms with Gasteiger partial charge in [0.25, 0.3) is 0 Å². The Morgan fingerprint density at radius 2 is 1.61 bits per heavy atom. The minimum absolute atomic E-state index is 0.0611. The number of carboxylic acid groups (broad SMARTS) is 1. The van der Waals surface area contributed by atoms with Gasteiger partial charge in [-0.2, -0.15) is 0 Å². The van der Waals surface area contributed by atoms with Gasteiger partial charge in [-0.05, 0) is 20.8 Å². The smallest absolute Gasteiger partial charge is 0.328 e. The lowest BCUT2D eigenvalue weighted by molar-refractivity contribution is -0.140. The molecule has 5 N–H and O–H groups in total. The molecule has 18 heavy (non-hydrogen) atoms. The van der Waals surface area contributed by atoms with Crippen molar-refractivity contribution in [3.05, 3.63) is 0 Å². The fraction of sp³-hybridized carbons (Fsp3) is 0.700. The molecule has 0 bridgehead atoms. The topological polar surface area (TPSA) is 128 Å². The lowest BCUT2D eigenvalue weighted by atomic mass is 10.3. The van der Waals surface area contributed by atoms with E-state index < -0.39 is 30.7 Å². The molecule has 0 heterocycles. The molecule has 0 aromatic rings. The number of urea groups is 1. The van der Waals surface area contributed by atoms with Gasteiger partial charge in [0.15, 0.2) is 6.04 Å². The van der Waals surface area contributed by atoms with Crippen molar-refractivity contribution in [1.82, 2.24) is 16.0 Å². The van der Waals surface area contributed by atoms with Crippen LogP contribution in [0.1, 0.15) is 20.8 Å². The van der Waals surface area contributed by atoms with Crippen molar-refractivity contribution in [3.63, 3.8) is 0 Å². The van der Waals surface area contributed by atoms with Crippen LogP contribution < -0.4 is 16.0 Å². The first-order valence-electron chi connectivity index (χ1n) is 5.49. The maximum absolute atomic E-state index is 11.5. The zero-order valence-electron chi connectivity index (χ0n) is 10.6. The van der Waals surface area contributed by atoms with Gasteiger partial charge in [-0.1, -0.05) is 0 Å². The molecule has 2 unspecified atom stereocenters. The molecule has 0 radical (unpaired) electrons. The van der Waals surface area contributed by atoms with Crippen LogP contribution in [0.25, 0.3) is 0 Å². The summed E-state index contributed by atoms with van der Waals surface area (Å²) in [4.78, 5) is 33.3. The molecule has 8 heteroatoms. The van der Waals surface area contributed by atoms with Gasteiger partial charge >= 0.3 is 12.0 Å². The van der Waals surface area contributed by atoms with Crippen LogP contribution in [0.5, 0.6) is 0 Å². The van der Waals surface area contributed by atoms with Gasteiger partial charge in [-0.25, -0.2) is 9.59 Å². The van der Waals surface area contributed by atoms with Crippen molar-refractivity contribution in [1.29, 1.82) is 0 Å². The first-order chi connectivity index (χ1) is 8.27. The Balaban J connectivity index is 4.23. The lowest BCUT2D eigenvalue weighted by Gasteiger charge is -2.18. The van der Waals surface area contributed by atoms with E-state index >= 15 is 0 Å². The van der Waals surface area contributed by atoms with Crippen LogP contribution in [-0.4, -0.2) is 52.9 Å². The molecule has 3 amide bonds. The summed E-state index contributed by atoms with van der Waals surface area (Å²) >= 11 is 0. The molecule has 104 valence electrons. The minimum atomic E-state index is -1.40. The van der Waals surface area contributed by atoms with Crippen LogP contribution in [0.3, 0.4) is 0 Å². The van der Waals surface area contributed by atoms with Crippen molar-refractivity contribution in [3.8, 4) is 0 Å². The molecule has 0 rings (SSSR count). The highest BCUT2D eigenvalue weighted by Crippen LogP contribution is 1.87. The van der Waals surface area contributed by atoms with Gasteiger partial charge < -0.3 is 26.2 Å². The molecule has 0 saturated heterocycles. The van der Waals surface area contributed by atoms with Gasteiger partial charge in [0, 0.05) is 6.04 Å². The predicted octanol–water partition coefficient (Wildman–Crippen LogP) is -1.36. The third-order valence-electron chi connectivity index (χ3n) is 1.96. The van der Waals surface area contributed by atoms with E-state index in [1.54, 1.807) is 13.8 Å². The summed E-state index contributed by atoms with van der Waals surface area (Å²) in [6.07, 6.45) is 0. The first-order valence-corrected chi connectivity index (χ1v) is 5.49. The van der Waals surface area contributed by atoms with Crippen LogP contribution in [-0.2, 0) is 9.59 Å². The maximum Gasteiger partial charge on any atom is 0.328 e. The van der Waals surface area contributed by atoms with E-state index in [2.05, 4.69) is 10.6 Å². The van der Waals surface area contributed by atoms with E-state index in [-0.39, 0.29) is 11.9 Å². The van der Waals surface area contributed by atoms with Crippen molar-refractivity contribution in [2.24, 2.45) is 0 Å². The van der Waals surface area contributed by atoms with Gasteiger partial charge in [0.05, 0.1) is 6.61 Å². The van der Waals surface area contributed by atoms with Crippen molar-refractivity contribution in [2.75, 3.05) is 6.61 Å². The van der Waals surface area contributed by atoms with E-state index in [1.165, 1.54) is 6.92 Å². The minimum Gasteiger partial charge on any atom is -0.480 e. The molecule has 0 aromatic heterocycles. The summed E-state index contributed by atoms with van der Waals surface area (Å²) in [6, 6.07) is -3.09. The highest BCUT2D eigenvalue weighted by Gasteiger charge is 2.21. The Hall–Kier alpha value is -1.83. The monoisotopic (exact) mass is 261 g/mol. The molecule has 0 spiro atoms. The number of aliphatic hydroxyl groups is 1. The fourth-order valence-corrected chi connectivity index (χ4v) is 1.06. The average Bonchev–Trinajstić information content (AvgIpc) is 2.24. The number of carbonyl (C=O) groups excluding carboxylic acids is 2. The first kappa shape index (κ1) is 16.2. The summed E-state index contributed by atoms with van der Waals surface area (Å²) in [5.41, 5.74) is 0. The van der Waals surface area contributed by atoms with Crippen LogP contribution in [0, 0.1) is 0 Å². The largest absolute Gasteiger partial charge is 0.480 e. The third-order valence-corrected chi connectivity index (χ3v) is 1.96. The highest BCUT2D eigenvalue weighted by atomic mass is 16.4. The predicted molar refractivity (Wildman–Crippen MR) is 62.9 cm³/mol. The summed E-state index contributed by atoms with van der Waals surface area (Å²) in [6.45, 7) is 4.29. The highest BCUT2D eigenvalue weighted by molar-refractivity contribution is 5.88. The molecule has 0 aliphatic rings. The number of hydrogen-bond acceptors (Lipinski definition) is 4. The normalized spacial score (nSPS) is 13.6. The Kier molecular flexibility index (Phi) is 6.73. The number of hydrogen-bond donors (Lipinski definition) is 5. The number of nitrogens with one attached hydrogen (secondary N) is 3. The SMILES string of the molecule is CC(C)NC(=O)C(C)NC(=O)NC(CO)C(=O)O. The molecule has 8 nitrogen and oxygen atoms in total. The molecule has 0 fully saturated rings. The zero-order chi connectivity index (χ0) is 14.3. The van der Waals surface area contributed by atoms with Crippen LogP contribution in [0.4, 0.5) is 4.79 Å². The van der Waals surface area contributed by atoms with E-state index in [9.17, 15) is 14.4 Å². The average molecular weight is 261 g/mol. The van der Waals surface area contributed by atoms with Crippen LogP contribution in [0.2, 0.25) is 0 Å². The van der Waals surface area contributed by atoms with Gasteiger partial charge in [-0.15, -0.1) is 0 Å². The molecule has 2 atom stereocenters. The summed E-state index contributed by atoms with van der Waals surface area (Å²) < 4.78 is 0. The number of carbonyl (C=O) groups is 3. The number of carboxylic acids is 1. The maximum atomic E-state index is 11.5. The summed E-state index contributed by atoms with van der Waals surface area (Å²) in [7, 11) is 0. The number of amides is 3. The Morgan fingerprint density at radius 1 is 1.06 bits per heavy atom. The standard InChI is InChI=1S/C10H19N3O5/c1-5(2)11-8(15)6(3)12-10(18)13-7(4-14)9(16)17/h5-7,14H,4H2,1-3H3,(H,11,15)(H,16,17)(H2,12,13,18). The second kappa shape index (κ2) is 7.49. The lowest BCUT2D eigenvalue weighted by Crippen LogP contribution is -2.53. The van der Waals surface area contributed by atoms with Gasteiger partial charge in [0.1, 0.15) is 6.04 Å². The second-order valence-electron chi connectivity index (χ2n) is 4.08. The number of aliphatic carboxylic acids is 1. The molecular weight excluding hydrogens is 242 g/mol. The molecular formula is C10H19N3O5. The van der Waals surface area contributed by atoms with Gasteiger partial charge in [0.2, 0.25) is 5.91 Å².